The summed E-state index contributed by atoms with van der Waals surface area (Å²) < 4.78 is 11.6. The Bertz CT molecular complexity index is 260. The molecule has 0 unspecified atom stereocenters. The molecular formula is C10H15NO3. The molecule has 0 aromatic carbocycles. The van der Waals surface area contributed by atoms with Crippen molar-refractivity contribution in [1.29, 1.82) is 0 Å². The number of amides is 1. The first-order chi connectivity index (χ1) is 6.79. The lowest BCUT2D eigenvalue weighted by Gasteiger charge is -2.35. The Morgan fingerprint density at radius 1 is 1.36 bits per heavy atom. The molecule has 2 aliphatic heterocycles. The van der Waals surface area contributed by atoms with Crippen LogP contribution in [0.25, 0.3) is 0 Å². The van der Waals surface area contributed by atoms with Gasteiger partial charge in [0.2, 0.25) is 5.91 Å². The van der Waals surface area contributed by atoms with Crippen molar-refractivity contribution in [3.05, 3.63) is 0 Å². The molecule has 1 aliphatic carbocycles. The average Bonchev–Trinajstić information content (AvgIpc) is 2.76. The van der Waals surface area contributed by atoms with Gasteiger partial charge < -0.3 is 14.4 Å². The molecule has 14 heavy (non-hydrogen) atoms. The first kappa shape index (κ1) is 8.68. The Labute approximate surface area is 83.2 Å². The smallest absolute Gasteiger partial charge is 0.226 e. The highest BCUT2D eigenvalue weighted by Crippen LogP contribution is 2.40. The van der Waals surface area contributed by atoms with Crippen LogP contribution in [-0.4, -0.2) is 36.0 Å². The molecule has 1 saturated carbocycles. The third-order valence-electron chi connectivity index (χ3n) is 3.44. The van der Waals surface area contributed by atoms with Crippen molar-refractivity contribution >= 4 is 5.91 Å². The summed E-state index contributed by atoms with van der Waals surface area (Å²) in [5.74, 6) is -0.130. The number of likely N-dealkylation sites (tertiary alicyclic amines) is 1. The normalized spacial score (nSPS) is 35.3. The van der Waals surface area contributed by atoms with Gasteiger partial charge in [-0.05, 0) is 12.8 Å². The van der Waals surface area contributed by atoms with Crippen LogP contribution in [0.5, 0.6) is 0 Å². The van der Waals surface area contributed by atoms with Crippen LogP contribution in [0.4, 0.5) is 0 Å². The summed E-state index contributed by atoms with van der Waals surface area (Å²) in [7, 11) is 0. The monoisotopic (exact) mass is 197 g/mol. The predicted molar refractivity (Wildman–Crippen MR) is 48.4 cm³/mol. The summed E-state index contributed by atoms with van der Waals surface area (Å²) >= 11 is 0. The fourth-order valence-electron chi connectivity index (χ4n) is 2.51. The van der Waals surface area contributed by atoms with Crippen LogP contribution < -0.4 is 0 Å². The zero-order valence-corrected chi connectivity index (χ0v) is 8.20. The van der Waals surface area contributed by atoms with Crippen LogP contribution in [0.3, 0.4) is 0 Å². The van der Waals surface area contributed by atoms with E-state index >= 15 is 0 Å². The van der Waals surface area contributed by atoms with Crippen molar-refractivity contribution in [3.63, 3.8) is 0 Å². The number of carbonyl (C=O) groups is 1. The number of rotatable bonds is 1. The van der Waals surface area contributed by atoms with Crippen LogP contribution in [-0.2, 0) is 14.3 Å². The summed E-state index contributed by atoms with van der Waals surface area (Å²) in [4.78, 5) is 13.0. The Balaban J connectivity index is 1.66. The number of nitrogens with zero attached hydrogens (tertiary/aromatic N) is 1. The molecule has 0 bridgehead atoms. The van der Waals surface area contributed by atoms with Gasteiger partial charge in [0.25, 0.3) is 0 Å². The van der Waals surface area contributed by atoms with Crippen molar-refractivity contribution < 1.29 is 14.3 Å². The van der Waals surface area contributed by atoms with E-state index in [-0.39, 0.29) is 17.9 Å². The van der Waals surface area contributed by atoms with Gasteiger partial charge in [-0.1, -0.05) is 0 Å². The van der Waals surface area contributed by atoms with Gasteiger partial charge in [-0.15, -0.1) is 0 Å². The summed E-state index contributed by atoms with van der Waals surface area (Å²) in [5.41, 5.74) is 0. The Kier molecular flexibility index (Phi) is 1.82. The van der Waals surface area contributed by atoms with Crippen LogP contribution in [0.2, 0.25) is 0 Å². The van der Waals surface area contributed by atoms with Crippen molar-refractivity contribution in [3.8, 4) is 0 Å². The summed E-state index contributed by atoms with van der Waals surface area (Å²) in [6.07, 6.45) is 4.92. The van der Waals surface area contributed by atoms with Gasteiger partial charge in [0.05, 0.1) is 6.61 Å². The second-order valence-electron chi connectivity index (χ2n) is 4.34. The van der Waals surface area contributed by atoms with Crippen LogP contribution in [0.15, 0.2) is 0 Å². The third kappa shape index (κ3) is 1.17. The van der Waals surface area contributed by atoms with E-state index < -0.39 is 0 Å². The molecule has 3 fully saturated rings. The molecule has 0 aromatic heterocycles. The minimum atomic E-state index is -0.333. The predicted octanol–water partition coefficient (Wildman–Crippen LogP) is 0.862. The molecular weight excluding hydrogens is 182 g/mol. The zero-order chi connectivity index (χ0) is 9.60. The lowest BCUT2D eigenvalue weighted by molar-refractivity contribution is -0.190. The maximum atomic E-state index is 11.2. The van der Waals surface area contributed by atoms with Crippen molar-refractivity contribution in [2.45, 2.75) is 44.1 Å². The van der Waals surface area contributed by atoms with Gasteiger partial charge in [-0.2, -0.15) is 0 Å². The molecule has 0 aromatic rings. The summed E-state index contributed by atoms with van der Waals surface area (Å²) in [5, 5.41) is 0. The van der Waals surface area contributed by atoms with E-state index in [2.05, 4.69) is 0 Å². The lowest BCUT2D eigenvalue weighted by atomic mass is 10.2. The zero-order valence-electron chi connectivity index (χ0n) is 8.20. The Hall–Kier alpha value is -0.610. The first-order valence-corrected chi connectivity index (χ1v) is 5.40. The van der Waals surface area contributed by atoms with Crippen molar-refractivity contribution in [1.82, 2.24) is 4.90 Å². The molecule has 3 rings (SSSR count). The number of carbonyl (C=O) groups excluding carboxylic acids is 1. The summed E-state index contributed by atoms with van der Waals surface area (Å²) in [6, 6.07) is 0. The topological polar surface area (TPSA) is 38.8 Å². The highest BCUT2D eigenvalue weighted by atomic mass is 16.8. The first-order valence-electron chi connectivity index (χ1n) is 5.40. The fourth-order valence-corrected chi connectivity index (χ4v) is 2.51. The summed E-state index contributed by atoms with van der Waals surface area (Å²) in [6.45, 7) is 1.40. The van der Waals surface area contributed by atoms with Gasteiger partial charge >= 0.3 is 0 Å². The van der Waals surface area contributed by atoms with E-state index in [1.807, 2.05) is 0 Å². The molecule has 3 aliphatic rings. The van der Waals surface area contributed by atoms with Gasteiger partial charge in [0.15, 0.2) is 12.0 Å². The average molecular weight is 197 g/mol. The van der Waals surface area contributed by atoms with E-state index in [4.69, 9.17) is 9.47 Å². The molecule has 1 atom stereocenters. The molecule has 0 radical (unpaired) electrons. The van der Waals surface area contributed by atoms with E-state index in [1.54, 1.807) is 4.90 Å². The van der Waals surface area contributed by atoms with Gasteiger partial charge in [0.1, 0.15) is 0 Å². The van der Waals surface area contributed by atoms with Gasteiger partial charge in [0, 0.05) is 25.8 Å². The van der Waals surface area contributed by atoms with E-state index in [1.165, 1.54) is 12.8 Å². The minimum Gasteiger partial charge on any atom is -0.345 e. The lowest BCUT2D eigenvalue weighted by Crippen LogP contribution is -2.51. The highest BCUT2D eigenvalue weighted by Gasteiger charge is 2.47. The highest BCUT2D eigenvalue weighted by molar-refractivity contribution is 5.81. The molecule has 1 amide bonds. The van der Waals surface area contributed by atoms with E-state index in [0.29, 0.717) is 13.0 Å². The molecule has 4 heteroatoms. The standard InChI is InChI=1S/C10H15NO3/c12-8-3-6-11(8)9-7-13-10(14-9)4-1-2-5-10/h9H,1-7H2/t9-/m0/s1. The van der Waals surface area contributed by atoms with Crippen molar-refractivity contribution in [2.75, 3.05) is 13.2 Å². The molecule has 4 nitrogen and oxygen atoms in total. The van der Waals surface area contributed by atoms with Gasteiger partial charge in [-0.3, -0.25) is 4.79 Å². The Morgan fingerprint density at radius 3 is 2.71 bits per heavy atom. The quantitative estimate of drug-likeness (QED) is 0.585. The Morgan fingerprint density at radius 2 is 2.14 bits per heavy atom. The van der Waals surface area contributed by atoms with Gasteiger partial charge in [-0.25, -0.2) is 0 Å². The molecule has 2 saturated heterocycles. The largest absolute Gasteiger partial charge is 0.345 e. The second-order valence-corrected chi connectivity index (χ2v) is 4.34. The van der Waals surface area contributed by atoms with Crippen molar-refractivity contribution in [2.24, 2.45) is 0 Å². The number of hydrogen-bond acceptors (Lipinski definition) is 3. The third-order valence-corrected chi connectivity index (χ3v) is 3.44. The maximum Gasteiger partial charge on any atom is 0.226 e. The van der Waals surface area contributed by atoms with Crippen LogP contribution in [0.1, 0.15) is 32.1 Å². The van der Waals surface area contributed by atoms with Crippen LogP contribution in [0, 0.1) is 0 Å². The number of β-lactam (4-membered cyclic amide) rings is 1. The van der Waals surface area contributed by atoms with Crippen LogP contribution >= 0.6 is 0 Å². The molecule has 2 heterocycles. The molecule has 78 valence electrons. The minimum absolute atomic E-state index is 0.102. The second kappa shape index (κ2) is 2.94. The molecule has 1 spiro atoms. The number of ether oxygens (including phenoxy) is 2. The van der Waals surface area contributed by atoms with E-state index in [9.17, 15) is 4.79 Å². The SMILES string of the molecule is O=C1CCN1[C@@H]1COC2(CCCC2)O1. The fraction of sp³-hybridized carbons (Fsp3) is 0.900. The maximum absolute atomic E-state index is 11.2. The molecule has 0 N–H and O–H groups in total. The number of hydrogen-bond donors (Lipinski definition) is 0. The van der Waals surface area contributed by atoms with E-state index in [0.717, 1.165) is 19.4 Å².